The first-order chi connectivity index (χ1) is 9.15. The standard InChI is InChI=1S/C13H13N3O3/c1-2-14-13(17)12-8-5-9-15(12)10-6-3-4-7-11(10)16(18)19/h3-9H,2H2,1H3,(H,14,17). The van der Waals surface area contributed by atoms with Gasteiger partial charge in [-0.15, -0.1) is 0 Å². The fourth-order valence-corrected chi connectivity index (χ4v) is 1.85. The number of nitrogens with zero attached hydrogens (tertiary/aromatic N) is 2. The monoisotopic (exact) mass is 259 g/mol. The molecule has 0 saturated heterocycles. The molecule has 0 fully saturated rings. The lowest BCUT2D eigenvalue weighted by molar-refractivity contribution is -0.384. The zero-order valence-electron chi connectivity index (χ0n) is 10.4. The molecular weight excluding hydrogens is 246 g/mol. The van der Waals surface area contributed by atoms with E-state index >= 15 is 0 Å². The smallest absolute Gasteiger partial charge is 0.293 e. The van der Waals surface area contributed by atoms with Crippen molar-refractivity contribution in [3.05, 3.63) is 58.4 Å². The molecule has 1 heterocycles. The number of nitrogens with one attached hydrogen (secondary N) is 1. The van der Waals surface area contributed by atoms with E-state index in [0.29, 0.717) is 17.9 Å². The Kier molecular flexibility index (Phi) is 3.61. The summed E-state index contributed by atoms with van der Waals surface area (Å²) in [5, 5.41) is 13.7. The van der Waals surface area contributed by atoms with Crippen LogP contribution in [0.5, 0.6) is 0 Å². The molecule has 0 bridgehead atoms. The van der Waals surface area contributed by atoms with E-state index in [9.17, 15) is 14.9 Å². The van der Waals surface area contributed by atoms with Gasteiger partial charge in [0.2, 0.25) is 0 Å². The SMILES string of the molecule is CCNC(=O)c1cccn1-c1ccccc1[N+](=O)[O-]. The van der Waals surface area contributed by atoms with Crippen molar-refractivity contribution in [3.63, 3.8) is 0 Å². The first-order valence-corrected chi connectivity index (χ1v) is 5.84. The lowest BCUT2D eigenvalue weighted by atomic mass is 10.2. The highest BCUT2D eigenvalue weighted by atomic mass is 16.6. The summed E-state index contributed by atoms with van der Waals surface area (Å²) < 4.78 is 1.52. The highest BCUT2D eigenvalue weighted by Gasteiger charge is 2.18. The minimum atomic E-state index is -0.461. The van der Waals surface area contributed by atoms with Crippen LogP contribution < -0.4 is 5.32 Å². The van der Waals surface area contributed by atoms with Gasteiger partial charge in [-0.2, -0.15) is 0 Å². The van der Waals surface area contributed by atoms with Gasteiger partial charge in [0.05, 0.1) is 4.92 Å². The number of nitro benzene ring substituents is 1. The number of nitro groups is 1. The van der Waals surface area contributed by atoms with Crippen LogP contribution in [0.4, 0.5) is 5.69 Å². The Morgan fingerprint density at radius 1 is 1.32 bits per heavy atom. The summed E-state index contributed by atoms with van der Waals surface area (Å²) >= 11 is 0. The van der Waals surface area contributed by atoms with Crippen molar-refractivity contribution in [1.82, 2.24) is 9.88 Å². The van der Waals surface area contributed by atoms with Gasteiger partial charge in [-0.05, 0) is 25.1 Å². The van der Waals surface area contributed by atoms with Crippen LogP contribution in [0.15, 0.2) is 42.6 Å². The summed E-state index contributed by atoms with van der Waals surface area (Å²) in [7, 11) is 0. The fraction of sp³-hybridized carbons (Fsp3) is 0.154. The van der Waals surface area contributed by atoms with E-state index < -0.39 is 4.92 Å². The Labute approximate surface area is 109 Å². The normalized spacial score (nSPS) is 10.2. The zero-order chi connectivity index (χ0) is 13.8. The van der Waals surface area contributed by atoms with Crippen molar-refractivity contribution in [2.45, 2.75) is 6.92 Å². The van der Waals surface area contributed by atoms with E-state index in [1.165, 1.54) is 10.6 Å². The van der Waals surface area contributed by atoms with Crippen LogP contribution >= 0.6 is 0 Å². The van der Waals surface area contributed by atoms with E-state index in [4.69, 9.17) is 0 Å². The van der Waals surface area contributed by atoms with Crippen LogP contribution in [0.1, 0.15) is 17.4 Å². The van der Waals surface area contributed by atoms with Gasteiger partial charge in [-0.1, -0.05) is 12.1 Å². The molecule has 1 N–H and O–H groups in total. The van der Waals surface area contributed by atoms with Crippen molar-refractivity contribution in [3.8, 4) is 5.69 Å². The van der Waals surface area contributed by atoms with Gasteiger partial charge in [0.15, 0.2) is 0 Å². The van der Waals surface area contributed by atoms with Crippen LogP contribution in [0.25, 0.3) is 5.69 Å². The molecule has 19 heavy (non-hydrogen) atoms. The van der Waals surface area contributed by atoms with Gasteiger partial charge in [0, 0.05) is 18.8 Å². The molecular formula is C13H13N3O3. The molecule has 1 amide bonds. The van der Waals surface area contributed by atoms with Crippen LogP contribution in [-0.2, 0) is 0 Å². The summed E-state index contributed by atoms with van der Waals surface area (Å²) in [4.78, 5) is 22.4. The molecule has 2 aromatic rings. The Morgan fingerprint density at radius 3 is 2.74 bits per heavy atom. The first-order valence-electron chi connectivity index (χ1n) is 5.84. The Hall–Kier alpha value is -2.63. The number of rotatable bonds is 4. The predicted octanol–water partition coefficient (Wildman–Crippen LogP) is 2.14. The third-order valence-corrected chi connectivity index (χ3v) is 2.66. The molecule has 0 saturated carbocycles. The maximum atomic E-state index is 11.9. The van der Waals surface area contributed by atoms with E-state index in [0.717, 1.165) is 0 Å². The van der Waals surface area contributed by atoms with E-state index in [1.54, 1.807) is 36.5 Å². The predicted molar refractivity (Wildman–Crippen MR) is 70.4 cm³/mol. The second-order valence-electron chi connectivity index (χ2n) is 3.87. The van der Waals surface area contributed by atoms with Crippen LogP contribution in [-0.4, -0.2) is 21.9 Å². The molecule has 1 aromatic carbocycles. The van der Waals surface area contributed by atoms with E-state index in [2.05, 4.69) is 5.32 Å². The molecule has 2 rings (SSSR count). The molecule has 98 valence electrons. The lowest BCUT2D eigenvalue weighted by Gasteiger charge is -2.09. The number of hydrogen-bond donors (Lipinski definition) is 1. The van der Waals surface area contributed by atoms with Crippen LogP contribution in [0.2, 0.25) is 0 Å². The number of para-hydroxylation sites is 2. The number of benzene rings is 1. The first kappa shape index (κ1) is 12.8. The van der Waals surface area contributed by atoms with Gasteiger partial charge in [-0.25, -0.2) is 0 Å². The van der Waals surface area contributed by atoms with Crippen LogP contribution in [0.3, 0.4) is 0 Å². The largest absolute Gasteiger partial charge is 0.351 e. The summed E-state index contributed by atoms with van der Waals surface area (Å²) in [6.45, 7) is 2.32. The van der Waals surface area contributed by atoms with E-state index in [1.807, 2.05) is 6.92 Å². The van der Waals surface area contributed by atoms with Gasteiger partial charge in [0.1, 0.15) is 11.4 Å². The number of carbonyl (C=O) groups excluding carboxylic acids is 1. The highest BCUT2D eigenvalue weighted by Crippen LogP contribution is 2.23. The number of amides is 1. The van der Waals surface area contributed by atoms with Gasteiger partial charge in [-0.3, -0.25) is 14.9 Å². The van der Waals surface area contributed by atoms with Crippen molar-refractivity contribution in [2.75, 3.05) is 6.54 Å². The Bertz CT molecular complexity index is 619. The summed E-state index contributed by atoms with van der Waals surface area (Å²) in [5.74, 6) is -0.259. The molecule has 1 aromatic heterocycles. The second-order valence-corrected chi connectivity index (χ2v) is 3.87. The van der Waals surface area contributed by atoms with Gasteiger partial charge < -0.3 is 9.88 Å². The van der Waals surface area contributed by atoms with Gasteiger partial charge in [0.25, 0.3) is 11.6 Å². The quantitative estimate of drug-likeness (QED) is 0.675. The Morgan fingerprint density at radius 2 is 2.05 bits per heavy atom. The summed E-state index contributed by atoms with van der Waals surface area (Å²) in [6.07, 6.45) is 1.63. The van der Waals surface area contributed by atoms with Crippen molar-refractivity contribution in [2.24, 2.45) is 0 Å². The fourth-order valence-electron chi connectivity index (χ4n) is 1.85. The molecule has 0 aliphatic rings. The average Bonchev–Trinajstić information content (AvgIpc) is 2.88. The molecule has 0 spiro atoms. The molecule has 6 nitrogen and oxygen atoms in total. The maximum absolute atomic E-state index is 11.9. The molecule has 0 atom stereocenters. The summed E-state index contributed by atoms with van der Waals surface area (Å²) in [5.41, 5.74) is 0.708. The second kappa shape index (κ2) is 5.34. The average molecular weight is 259 g/mol. The third kappa shape index (κ3) is 2.47. The number of carbonyl (C=O) groups is 1. The molecule has 6 heteroatoms. The van der Waals surface area contributed by atoms with E-state index in [-0.39, 0.29) is 11.6 Å². The van der Waals surface area contributed by atoms with Crippen molar-refractivity contribution >= 4 is 11.6 Å². The lowest BCUT2D eigenvalue weighted by Crippen LogP contribution is -2.25. The Balaban J connectivity index is 2.52. The minimum absolute atomic E-state index is 0.0377. The highest BCUT2D eigenvalue weighted by molar-refractivity contribution is 5.93. The maximum Gasteiger partial charge on any atom is 0.293 e. The summed E-state index contributed by atoms with van der Waals surface area (Å²) in [6, 6.07) is 9.63. The van der Waals surface area contributed by atoms with Gasteiger partial charge >= 0.3 is 0 Å². The molecule has 0 aliphatic heterocycles. The van der Waals surface area contributed by atoms with Crippen LogP contribution in [0, 0.1) is 10.1 Å². The third-order valence-electron chi connectivity index (χ3n) is 2.66. The molecule has 0 unspecified atom stereocenters. The van der Waals surface area contributed by atoms with Crippen molar-refractivity contribution in [1.29, 1.82) is 0 Å². The zero-order valence-corrected chi connectivity index (χ0v) is 10.4. The minimum Gasteiger partial charge on any atom is -0.351 e. The number of aromatic nitrogens is 1. The molecule has 0 radical (unpaired) electrons. The van der Waals surface area contributed by atoms with Crippen molar-refractivity contribution < 1.29 is 9.72 Å². The number of hydrogen-bond acceptors (Lipinski definition) is 3. The topological polar surface area (TPSA) is 77.2 Å². The molecule has 0 aliphatic carbocycles.